The number of aromatic nitrogens is 2. The predicted molar refractivity (Wildman–Crippen MR) is 130 cm³/mol. The number of carbonyl (C=O) groups is 1. The number of thiazole rings is 1. The second kappa shape index (κ2) is 9.94. The quantitative estimate of drug-likeness (QED) is 0.298. The molecule has 0 radical (unpaired) electrons. The van der Waals surface area contributed by atoms with Gasteiger partial charge in [-0.15, -0.1) is 0 Å². The Hall–Kier alpha value is -2.98. The average molecular weight is 503 g/mol. The normalized spacial score (nSPS) is 15.4. The molecule has 0 aliphatic carbocycles. The van der Waals surface area contributed by atoms with E-state index in [0.29, 0.717) is 17.8 Å². The third kappa shape index (κ3) is 5.65. The average Bonchev–Trinajstić information content (AvgIpc) is 3.20. The van der Waals surface area contributed by atoms with Crippen molar-refractivity contribution in [2.24, 2.45) is 5.92 Å². The third-order valence-electron chi connectivity index (χ3n) is 6.05. The van der Waals surface area contributed by atoms with Gasteiger partial charge < -0.3 is 14.4 Å². The summed E-state index contributed by atoms with van der Waals surface area (Å²) in [6.07, 6.45) is 2.96. The highest BCUT2D eigenvalue weighted by Crippen LogP contribution is 2.29. The Morgan fingerprint density at radius 3 is 2.66 bits per heavy atom. The summed E-state index contributed by atoms with van der Waals surface area (Å²) in [6, 6.07) is 4.10. The molecule has 35 heavy (non-hydrogen) atoms. The highest BCUT2D eigenvalue weighted by molar-refractivity contribution is 7.18. The first-order valence-corrected chi connectivity index (χ1v) is 12.2. The number of halogens is 2. The van der Waals surface area contributed by atoms with E-state index in [1.54, 1.807) is 0 Å². The fraction of sp³-hybridized carbons (Fsp3) is 0.440. The number of benzene rings is 1. The number of hydrogen-bond donors (Lipinski definition) is 1. The van der Waals surface area contributed by atoms with Crippen molar-refractivity contribution in [2.45, 2.75) is 45.6 Å². The number of fused-ring (bicyclic) bond motifs is 1. The first kappa shape index (κ1) is 25.1. The van der Waals surface area contributed by atoms with Crippen molar-refractivity contribution in [3.05, 3.63) is 52.2 Å². The molecule has 7 nitrogen and oxygen atoms in total. The van der Waals surface area contributed by atoms with Crippen molar-refractivity contribution in [3.8, 4) is 5.75 Å². The van der Waals surface area contributed by atoms with Gasteiger partial charge in [-0.2, -0.15) is 0 Å². The molecule has 0 amide bonds. The monoisotopic (exact) mass is 502 g/mol. The maximum absolute atomic E-state index is 15.1. The van der Waals surface area contributed by atoms with Crippen molar-refractivity contribution in [2.75, 3.05) is 20.1 Å². The van der Waals surface area contributed by atoms with E-state index in [9.17, 15) is 9.18 Å². The number of pyridine rings is 1. The topological polar surface area (TPSA) is 88.4 Å². The second-order valence-electron chi connectivity index (χ2n) is 9.76. The summed E-state index contributed by atoms with van der Waals surface area (Å²) >= 11 is 1.32. The Bertz CT molecular complexity index is 1260. The number of nitrogens with zero attached hydrogens (tertiary/aromatic N) is 3. The van der Waals surface area contributed by atoms with Crippen molar-refractivity contribution >= 4 is 33.6 Å². The smallest absolute Gasteiger partial charge is 0.315 e. The van der Waals surface area contributed by atoms with Gasteiger partial charge in [0.1, 0.15) is 33.3 Å². The van der Waals surface area contributed by atoms with Crippen LogP contribution in [0.1, 0.15) is 49.7 Å². The molecule has 0 spiro atoms. The predicted octanol–water partition coefficient (Wildman–Crippen LogP) is 5.06. The van der Waals surface area contributed by atoms with E-state index in [2.05, 4.69) is 35.6 Å². The molecule has 1 aromatic carbocycles. The molecule has 3 heterocycles. The van der Waals surface area contributed by atoms with E-state index in [1.165, 1.54) is 11.3 Å². The Kier molecular flexibility index (Phi) is 7.14. The number of hydrogen-bond acceptors (Lipinski definition) is 8. The molecule has 1 N–H and O–H groups in total. The first-order chi connectivity index (χ1) is 16.5. The highest BCUT2D eigenvalue weighted by atomic mass is 32.1. The van der Waals surface area contributed by atoms with Crippen LogP contribution in [0.5, 0.6) is 5.75 Å². The molecule has 1 saturated heterocycles. The summed E-state index contributed by atoms with van der Waals surface area (Å²) in [5.41, 5.74) is 0.967. The third-order valence-corrected chi connectivity index (χ3v) is 7.00. The van der Waals surface area contributed by atoms with Gasteiger partial charge in [0.25, 0.3) is 0 Å². The molecule has 4 rings (SSSR count). The van der Waals surface area contributed by atoms with Crippen LogP contribution < -0.4 is 4.74 Å². The number of likely N-dealkylation sites (tertiary alicyclic amines) is 1. The Morgan fingerprint density at radius 1 is 1.26 bits per heavy atom. The molecule has 0 atom stereocenters. The maximum atomic E-state index is 15.1. The fourth-order valence-electron chi connectivity index (χ4n) is 3.81. The molecule has 0 saturated carbocycles. The van der Waals surface area contributed by atoms with Crippen LogP contribution in [0.4, 0.5) is 8.78 Å². The fourth-order valence-corrected chi connectivity index (χ4v) is 4.61. The molecule has 10 heteroatoms. The van der Waals surface area contributed by atoms with Gasteiger partial charge in [0.2, 0.25) is 5.90 Å². The summed E-state index contributed by atoms with van der Waals surface area (Å²) in [7, 11) is 1.95. The lowest BCUT2D eigenvalue weighted by atomic mass is 9.88. The van der Waals surface area contributed by atoms with Gasteiger partial charge in [0.15, 0.2) is 11.6 Å². The zero-order valence-corrected chi connectivity index (χ0v) is 21.0. The van der Waals surface area contributed by atoms with E-state index < -0.39 is 35.0 Å². The number of nitrogens with one attached hydrogen (secondary N) is 1. The van der Waals surface area contributed by atoms with Gasteiger partial charge >= 0.3 is 5.97 Å². The van der Waals surface area contributed by atoms with Gasteiger partial charge in [0.05, 0.1) is 5.92 Å². The van der Waals surface area contributed by atoms with Crippen LogP contribution in [0.2, 0.25) is 0 Å². The van der Waals surface area contributed by atoms with Crippen LogP contribution >= 0.6 is 11.3 Å². The number of carbonyl (C=O) groups excluding carboxylic acids is 1. The molecular formula is C25H28F2N4O3S. The van der Waals surface area contributed by atoms with Gasteiger partial charge in [-0.1, -0.05) is 32.1 Å². The molecule has 3 aromatic rings. The minimum atomic E-state index is -1.10. The van der Waals surface area contributed by atoms with Crippen LogP contribution in [0.25, 0.3) is 10.3 Å². The summed E-state index contributed by atoms with van der Waals surface area (Å²) in [6.45, 7) is 7.64. The molecular weight excluding hydrogens is 474 g/mol. The molecule has 0 unspecified atom stereocenters. The van der Waals surface area contributed by atoms with Crippen LogP contribution in [0, 0.1) is 23.0 Å². The maximum Gasteiger partial charge on any atom is 0.315 e. The molecule has 1 aliphatic heterocycles. The number of ether oxygens (including phenoxy) is 2. The number of piperidine rings is 1. The lowest BCUT2D eigenvalue weighted by molar-refractivity contribution is -0.141. The zero-order chi connectivity index (χ0) is 25.3. The summed E-state index contributed by atoms with van der Waals surface area (Å²) in [4.78, 5) is 24.2. The van der Waals surface area contributed by atoms with Gasteiger partial charge in [-0.3, -0.25) is 10.2 Å². The summed E-state index contributed by atoms with van der Waals surface area (Å²) < 4.78 is 40.1. The van der Waals surface area contributed by atoms with Gasteiger partial charge in [0, 0.05) is 6.20 Å². The molecule has 1 aliphatic rings. The molecule has 186 valence electrons. The lowest BCUT2D eigenvalue weighted by Gasteiger charge is -2.27. The van der Waals surface area contributed by atoms with Crippen LogP contribution in [-0.2, 0) is 21.6 Å². The van der Waals surface area contributed by atoms with E-state index in [-0.39, 0.29) is 17.8 Å². The Morgan fingerprint density at radius 2 is 1.97 bits per heavy atom. The number of esters is 1. The van der Waals surface area contributed by atoms with E-state index in [1.807, 2.05) is 19.3 Å². The van der Waals surface area contributed by atoms with Crippen LogP contribution in [0.15, 0.2) is 24.4 Å². The second-order valence-corrected chi connectivity index (χ2v) is 10.8. The van der Waals surface area contributed by atoms with Crippen molar-refractivity contribution < 1.29 is 23.0 Å². The highest BCUT2D eigenvalue weighted by Gasteiger charge is 2.28. The van der Waals surface area contributed by atoms with Gasteiger partial charge in [-0.25, -0.2) is 18.7 Å². The molecule has 0 bridgehead atoms. The number of rotatable bonds is 5. The zero-order valence-electron chi connectivity index (χ0n) is 20.2. The van der Waals surface area contributed by atoms with Crippen LogP contribution in [-0.4, -0.2) is 46.9 Å². The summed E-state index contributed by atoms with van der Waals surface area (Å²) in [5, 5.41) is 8.61. The Balaban J connectivity index is 1.47. The van der Waals surface area contributed by atoms with Crippen LogP contribution in [0.3, 0.4) is 0 Å². The van der Waals surface area contributed by atoms with E-state index in [4.69, 9.17) is 14.9 Å². The standard InChI is InChI=1S/C25H28F2N4O3S/c1-25(2,3)15-11-17-23(29-12-15)35-19(30-17)13-33-18-6-5-16(26)20(21(18)27)22(28)34-24(32)14-7-9-31(4)10-8-14/h5-6,11-12,14,28H,7-10,13H2,1-4H3. The lowest BCUT2D eigenvalue weighted by Crippen LogP contribution is -2.35. The van der Waals surface area contributed by atoms with Crippen molar-refractivity contribution in [1.82, 2.24) is 14.9 Å². The molecule has 1 fully saturated rings. The van der Waals surface area contributed by atoms with Crippen molar-refractivity contribution in [1.29, 1.82) is 5.41 Å². The minimum Gasteiger partial charge on any atom is -0.483 e. The van der Waals surface area contributed by atoms with E-state index in [0.717, 1.165) is 41.1 Å². The van der Waals surface area contributed by atoms with Crippen molar-refractivity contribution in [3.63, 3.8) is 0 Å². The summed E-state index contributed by atoms with van der Waals surface area (Å²) in [5.74, 6) is -4.28. The molecule has 2 aromatic heterocycles. The van der Waals surface area contributed by atoms with Gasteiger partial charge in [-0.05, 0) is 62.2 Å². The van der Waals surface area contributed by atoms with E-state index >= 15 is 4.39 Å². The Labute approximate surface area is 206 Å². The minimum absolute atomic E-state index is 0.0589. The largest absolute Gasteiger partial charge is 0.483 e. The SMILES string of the molecule is CN1CCC(C(=O)OC(=N)c2c(F)ccc(OCc3nc4cc(C(C)(C)C)cnc4s3)c2F)CC1. The first-order valence-electron chi connectivity index (χ1n) is 11.4.